The lowest BCUT2D eigenvalue weighted by Gasteiger charge is -2.32. The number of hydrogen-bond donors (Lipinski definition) is 0. The number of rotatable bonds is 4. The second-order valence-electron chi connectivity index (χ2n) is 5.50. The summed E-state index contributed by atoms with van der Waals surface area (Å²) in [7, 11) is 1.47. The number of carbonyl (C=O) groups is 1. The Morgan fingerprint density at radius 1 is 1.21 bits per heavy atom. The van der Waals surface area contributed by atoms with Gasteiger partial charge >= 0.3 is 6.01 Å². The largest absolute Gasteiger partial charge is 0.487 e. The maximum atomic E-state index is 13.6. The molecule has 0 spiro atoms. The van der Waals surface area contributed by atoms with Crippen molar-refractivity contribution >= 4 is 5.91 Å². The Balaban J connectivity index is 1.56. The summed E-state index contributed by atoms with van der Waals surface area (Å²) in [6, 6.07) is 6.57. The van der Waals surface area contributed by atoms with Crippen LogP contribution >= 0.6 is 0 Å². The Kier molecular flexibility index (Phi) is 4.88. The molecule has 7 heteroatoms. The lowest BCUT2D eigenvalue weighted by Crippen LogP contribution is -2.41. The summed E-state index contributed by atoms with van der Waals surface area (Å²) in [5, 5.41) is 0. The first-order chi connectivity index (χ1) is 11.7. The van der Waals surface area contributed by atoms with Crippen molar-refractivity contribution in [3.05, 3.63) is 48.0 Å². The predicted molar refractivity (Wildman–Crippen MR) is 84.5 cm³/mol. The summed E-state index contributed by atoms with van der Waals surface area (Å²) < 4.78 is 24.2. The maximum absolute atomic E-state index is 13.6. The van der Waals surface area contributed by atoms with Crippen LogP contribution in [0.5, 0.6) is 11.8 Å². The summed E-state index contributed by atoms with van der Waals surface area (Å²) >= 11 is 0. The molecule has 126 valence electrons. The molecule has 1 aromatic heterocycles. The standard InChI is InChI=1S/C17H18FN3O3/c1-23-17-19-10-12(11-20-17)16(22)21-8-6-13(7-9-21)24-15-5-3-2-4-14(15)18/h2-5,10-11,13H,6-9H2,1H3. The second kappa shape index (κ2) is 7.25. The van der Waals surface area contributed by atoms with Crippen molar-refractivity contribution in [1.82, 2.24) is 14.9 Å². The van der Waals surface area contributed by atoms with Gasteiger partial charge in [-0.05, 0) is 12.1 Å². The molecule has 1 saturated heterocycles. The van der Waals surface area contributed by atoms with E-state index in [4.69, 9.17) is 9.47 Å². The molecule has 1 amide bonds. The molecule has 24 heavy (non-hydrogen) atoms. The molecule has 1 fully saturated rings. The van der Waals surface area contributed by atoms with Crippen LogP contribution in [0.4, 0.5) is 4.39 Å². The van der Waals surface area contributed by atoms with Gasteiger partial charge in [0.05, 0.1) is 12.7 Å². The van der Waals surface area contributed by atoms with Crippen molar-refractivity contribution in [2.45, 2.75) is 18.9 Å². The SMILES string of the molecule is COc1ncc(C(=O)N2CCC(Oc3ccccc3F)CC2)cn1. The summed E-state index contributed by atoms with van der Waals surface area (Å²) in [6.07, 6.45) is 4.11. The van der Waals surface area contributed by atoms with Crippen LogP contribution in [-0.2, 0) is 0 Å². The van der Waals surface area contributed by atoms with Crippen LogP contribution in [0.15, 0.2) is 36.7 Å². The third-order valence-corrected chi connectivity index (χ3v) is 3.92. The van der Waals surface area contributed by atoms with Gasteiger partial charge in [-0.2, -0.15) is 0 Å². The zero-order chi connectivity index (χ0) is 16.9. The van der Waals surface area contributed by atoms with Crippen molar-refractivity contribution < 1.29 is 18.7 Å². The van der Waals surface area contributed by atoms with Crippen molar-refractivity contribution in [3.63, 3.8) is 0 Å². The second-order valence-corrected chi connectivity index (χ2v) is 5.50. The van der Waals surface area contributed by atoms with Crippen LogP contribution in [0.25, 0.3) is 0 Å². The minimum Gasteiger partial charge on any atom is -0.487 e. The van der Waals surface area contributed by atoms with Gasteiger partial charge in [-0.3, -0.25) is 4.79 Å². The Bertz CT molecular complexity index is 700. The number of carbonyl (C=O) groups excluding carboxylic acids is 1. The van der Waals surface area contributed by atoms with Gasteiger partial charge in [0.25, 0.3) is 5.91 Å². The fourth-order valence-electron chi connectivity index (χ4n) is 2.61. The number of amides is 1. The molecule has 1 aromatic carbocycles. The lowest BCUT2D eigenvalue weighted by atomic mass is 10.1. The summed E-state index contributed by atoms with van der Waals surface area (Å²) in [5.74, 6) is -0.237. The quantitative estimate of drug-likeness (QED) is 0.860. The molecule has 3 rings (SSSR count). The summed E-state index contributed by atoms with van der Waals surface area (Å²) in [5.41, 5.74) is 0.421. The highest BCUT2D eigenvalue weighted by Crippen LogP contribution is 2.22. The predicted octanol–water partition coefficient (Wildman–Crippen LogP) is 2.31. The van der Waals surface area contributed by atoms with Crippen molar-refractivity contribution in [3.8, 4) is 11.8 Å². The summed E-state index contributed by atoms with van der Waals surface area (Å²) in [4.78, 5) is 22.0. The average Bonchev–Trinajstić information content (AvgIpc) is 2.64. The van der Waals surface area contributed by atoms with Crippen LogP contribution in [-0.4, -0.2) is 47.1 Å². The first kappa shape index (κ1) is 16.2. The third-order valence-electron chi connectivity index (χ3n) is 3.92. The molecule has 0 radical (unpaired) electrons. The van der Waals surface area contributed by atoms with Gasteiger partial charge in [-0.15, -0.1) is 0 Å². The molecule has 0 saturated carbocycles. The van der Waals surface area contributed by atoms with Crippen molar-refractivity contribution in [1.29, 1.82) is 0 Å². The van der Waals surface area contributed by atoms with Gasteiger partial charge in [0.1, 0.15) is 6.10 Å². The van der Waals surface area contributed by atoms with Gasteiger partial charge < -0.3 is 14.4 Å². The number of likely N-dealkylation sites (tertiary alicyclic amines) is 1. The van der Waals surface area contributed by atoms with Crippen LogP contribution < -0.4 is 9.47 Å². The molecule has 1 aliphatic rings. The molecule has 0 atom stereocenters. The van der Waals surface area contributed by atoms with Gasteiger partial charge in [0, 0.05) is 38.3 Å². The number of hydrogen-bond acceptors (Lipinski definition) is 5. The first-order valence-corrected chi connectivity index (χ1v) is 7.74. The minimum atomic E-state index is -0.369. The Labute approximate surface area is 139 Å². The number of piperidine rings is 1. The van der Waals surface area contributed by atoms with Gasteiger partial charge in [0.15, 0.2) is 11.6 Å². The minimum absolute atomic E-state index is 0.0990. The fourth-order valence-corrected chi connectivity index (χ4v) is 2.61. The monoisotopic (exact) mass is 331 g/mol. The highest BCUT2D eigenvalue weighted by molar-refractivity contribution is 5.93. The van der Waals surface area contributed by atoms with Crippen LogP contribution in [0.1, 0.15) is 23.2 Å². The Hall–Kier alpha value is -2.70. The molecule has 2 aromatic rings. The highest BCUT2D eigenvalue weighted by Gasteiger charge is 2.25. The number of methoxy groups -OCH3 is 1. The smallest absolute Gasteiger partial charge is 0.316 e. The molecule has 0 aliphatic carbocycles. The highest BCUT2D eigenvalue weighted by atomic mass is 19.1. The number of ether oxygens (including phenoxy) is 2. The van der Waals surface area contributed by atoms with E-state index in [1.54, 1.807) is 23.1 Å². The molecule has 6 nitrogen and oxygen atoms in total. The van der Waals surface area contributed by atoms with Crippen molar-refractivity contribution in [2.24, 2.45) is 0 Å². The van der Waals surface area contributed by atoms with Gasteiger partial charge in [0.2, 0.25) is 0 Å². The maximum Gasteiger partial charge on any atom is 0.316 e. The van der Waals surface area contributed by atoms with E-state index in [9.17, 15) is 9.18 Å². The molecule has 2 heterocycles. The van der Waals surface area contributed by atoms with Crippen LogP contribution in [0.3, 0.4) is 0 Å². The Morgan fingerprint density at radius 3 is 2.50 bits per heavy atom. The fraction of sp³-hybridized carbons (Fsp3) is 0.353. The molecule has 0 N–H and O–H groups in total. The topological polar surface area (TPSA) is 64.5 Å². The van der Waals surface area contributed by atoms with E-state index in [-0.39, 0.29) is 29.6 Å². The zero-order valence-corrected chi connectivity index (χ0v) is 13.3. The third kappa shape index (κ3) is 3.61. The van der Waals surface area contributed by atoms with Crippen molar-refractivity contribution in [2.75, 3.05) is 20.2 Å². The normalized spacial score (nSPS) is 15.2. The van der Waals surface area contributed by atoms with E-state index in [2.05, 4.69) is 9.97 Å². The average molecular weight is 331 g/mol. The number of nitrogens with zero attached hydrogens (tertiary/aromatic N) is 3. The van der Waals surface area contributed by atoms with Gasteiger partial charge in [-0.25, -0.2) is 14.4 Å². The van der Waals surface area contributed by atoms with E-state index in [1.165, 1.54) is 25.6 Å². The Morgan fingerprint density at radius 2 is 1.88 bits per heavy atom. The van der Waals surface area contributed by atoms with Gasteiger partial charge in [-0.1, -0.05) is 12.1 Å². The lowest BCUT2D eigenvalue weighted by molar-refractivity contribution is 0.0587. The summed E-state index contributed by atoms with van der Waals surface area (Å²) in [6.45, 7) is 1.09. The number of halogens is 1. The van der Waals surface area contributed by atoms with E-state index >= 15 is 0 Å². The first-order valence-electron chi connectivity index (χ1n) is 7.74. The van der Waals surface area contributed by atoms with E-state index < -0.39 is 0 Å². The molecular formula is C17H18FN3O3. The van der Waals surface area contributed by atoms with E-state index in [1.807, 2.05) is 0 Å². The van der Waals surface area contributed by atoms with E-state index in [0.29, 0.717) is 31.5 Å². The van der Waals surface area contributed by atoms with E-state index in [0.717, 1.165) is 0 Å². The number of para-hydroxylation sites is 1. The molecule has 0 unspecified atom stereocenters. The zero-order valence-electron chi connectivity index (χ0n) is 13.3. The van der Waals surface area contributed by atoms with Crippen LogP contribution in [0.2, 0.25) is 0 Å². The number of aromatic nitrogens is 2. The molecule has 0 bridgehead atoms. The number of benzene rings is 1. The molecule has 1 aliphatic heterocycles. The van der Waals surface area contributed by atoms with Crippen LogP contribution in [0, 0.1) is 5.82 Å². The molecular weight excluding hydrogens is 313 g/mol.